The molecule has 0 spiro atoms. The zero-order chi connectivity index (χ0) is 15.4. The van der Waals surface area contributed by atoms with Crippen LogP contribution in [-0.4, -0.2) is 38.4 Å². The Kier molecular flexibility index (Phi) is 4.90. The number of carboxylic acids is 1. The molecule has 0 saturated carbocycles. The van der Waals surface area contributed by atoms with Gasteiger partial charge in [0.15, 0.2) is 0 Å². The molecule has 0 amide bonds. The van der Waals surface area contributed by atoms with Gasteiger partial charge < -0.3 is 25.2 Å². The number of nitrogens with two attached hydrogens (primary N) is 1. The second kappa shape index (κ2) is 6.67. The lowest BCUT2D eigenvalue weighted by Gasteiger charge is -2.31. The van der Waals surface area contributed by atoms with E-state index >= 15 is 0 Å². The lowest BCUT2D eigenvalue weighted by molar-refractivity contribution is -0.138. The minimum atomic E-state index is -1.13. The van der Waals surface area contributed by atoms with E-state index in [0.717, 1.165) is 31.6 Å². The van der Waals surface area contributed by atoms with Crippen LogP contribution in [0.15, 0.2) is 12.1 Å². The van der Waals surface area contributed by atoms with Crippen molar-refractivity contribution < 1.29 is 19.4 Å². The standard InChI is InChI=1S/C15H22N2O4/c1-20-12-9-11(17-6-4-3-5-7-17)13(21-2)8-10(12)14(16)15(18)19/h8-9,14H,3-7,16H2,1-2H3,(H,18,19). The Morgan fingerprint density at radius 2 is 1.81 bits per heavy atom. The summed E-state index contributed by atoms with van der Waals surface area (Å²) in [7, 11) is 3.09. The first-order valence-corrected chi connectivity index (χ1v) is 7.07. The summed E-state index contributed by atoms with van der Waals surface area (Å²) < 4.78 is 10.7. The first-order valence-electron chi connectivity index (χ1n) is 7.07. The molecule has 0 aliphatic carbocycles. The summed E-state index contributed by atoms with van der Waals surface area (Å²) in [6.07, 6.45) is 3.52. The molecule has 3 N–H and O–H groups in total. The number of carboxylic acid groups (broad SMARTS) is 1. The fourth-order valence-corrected chi connectivity index (χ4v) is 2.66. The van der Waals surface area contributed by atoms with Crippen LogP contribution in [0.1, 0.15) is 30.9 Å². The van der Waals surface area contributed by atoms with Gasteiger partial charge in [-0.1, -0.05) is 0 Å². The number of methoxy groups -OCH3 is 2. The van der Waals surface area contributed by atoms with Crippen molar-refractivity contribution in [3.05, 3.63) is 17.7 Å². The highest BCUT2D eigenvalue weighted by atomic mass is 16.5. The number of carbonyl (C=O) groups is 1. The maximum absolute atomic E-state index is 11.1. The van der Waals surface area contributed by atoms with Gasteiger partial charge in [-0.05, 0) is 25.3 Å². The van der Waals surface area contributed by atoms with Crippen molar-refractivity contribution in [2.24, 2.45) is 5.73 Å². The van der Waals surface area contributed by atoms with Gasteiger partial charge in [-0.2, -0.15) is 0 Å². The van der Waals surface area contributed by atoms with E-state index in [2.05, 4.69) is 4.90 Å². The van der Waals surface area contributed by atoms with Crippen molar-refractivity contribution in [2.45, 2.75) is 25.3 Å². The quantitative estimate of drug-likeness (QED) is 0.861. The average molecular weight is 294 g/mol. The van der Waals surface area contributed by atoms with E-state index in [-0.39, 0.29) is 0 Å². The van der Waals surface area contributed by atoms with E-state index in [1.165, 1.54) is 13.5 Å². The van der Waals surface area contributed by atoms with Gasteiger partial charge in [0.25, 0.3) is 0 Å². The molecule has 1 unspecified atom stereocenters. The highest BCUT2D eigenvalue weighted by Crippen LogP contribution is 2.38. The van der Waals surface area contributed by atoms with E-state index in [0.29, 0.717) is 17.1 Å². The van der Waals surface area contributed by atoms with E-state index in [9.17, 15) is 4.79 Å². The molecule has 6 heteroatoms. The van der Waals surface area contributed by atoms with Crippen LogP contribution in [0.2, 0.25) is 0 Å². The molecule has 1 aromatic rings. The topological polar surface area (TPSA) is 85.0 Å². The summed E-state index contributed by atoms with van der Waals surface area (Å²) in [6.45, 7) is 1.92. The van der Waals surface area contributed by atoms with Crippen molar-refractivity contribution in [1.29, 1.82) is 0 Å². The summed E-state index contributed by atoms with van der Waals surface area (Å²) in [5.74, 6) is 0.0109. The molecule has 2 rings (SSSR count). The molecule has 21 heavy (non-hydrogen) atoms. The predicted octanol–water partition coefficient (Wildman–Crippen LogP) is 1.78. The largest absolute Gasteiger partial charge is 0.496 e. The predicted molar refractivity (Wildman–Crippen MR) is 80.2 cm³/mol. The number of piperidine rings is 1. The van der Waals surface area contributed by atoms with Crippen molar-refractivity contribution in [1.82, 2.24) is 0 Å². The van der Waals surface area contributed by atoms with Gasteiger partial charge in [0, 0.05) is 24.7 Å². The lowest BCUT2D eigenvalue weighted by atomic mass is 10.0. The van der Waals surface area contributed by atoms with Crippen LogP contribution < -0.4 is 20.1 Å². The summed E-state index contributed by atoms with van der Waals surface area (Å²) in [4.78, 5) is 13.4. The Hall–Kier alpha value is -1.95. The number of hydrogen-bond acceptors (Lipinski definition) is 5. The van der Waals surface area contributed by atoms with Crippen LogP contribution in [-0.2, 0) is 4.79 Å². The van der Waals surface area contributed by atoms with E-state index in [1.807, 2.05) is 6.07 Å². The SMILES string of the molecule is COc1cc(N2CCCCC2)c(OC)cc1C(N)C(=O)O. The molecule has 0 aromatic heterocycles. The van der Waals surface area contributed by atoms with Gasteiger partial charge in [0.2, 0.25) is 0 Å². The fraction of sp³-hybridized carbons (Fsp3) is 0.533. The van der Waals surface area contributed by atoms with Gasteiger partial charge >= 0.3 is 5.97 Å². The van der Waals surface area contributed by atoms with Gasteiger partial charge in [-0.3, -0.25) is 4.79 Å². The summed E-state index contributed by atoms with van der Waals surface area (Å²) in [5, 5.41) is 9.11. The van der Waals surface area contributed by atoms with Crippen molar-refractivity contribution in [2.75, 3.05) is 32.2 Å². The number of anilines is 1. The van der Waals surface area contributed by atoms with E-state index in [1.54, 1.807) is 13.2 Å². The molecule has 0 radical (unpaired) electrons. The van der Waals surface area contributed by atoms with Gasteiger partial charge in [-0.15, -0.1) is 0 Å². The molecule has 1 atom stereocenters. The summed E-state index contributed by atoms with van der Waals surface area (Å²) >= 11 is 0. The molecular formula is C15H22N2O4. The van der Waals surface area contributed by atoms with Crippen LogP contribution in [0.5, 0.6) is 11.5 Å². The summed E-state index contributed by atoms with van der Waals surface area (Å²) in [5.41, 5.74) is 7.06. The number of rotatable bonds is 5. The molecule has 0 bridgehead atoms. The Labute approximate surface area is 124 Å². The maximum atomic E-state index is 11.1. The van der Waals surface area contributed by atoms with Gasteiger partial charge in [0.1, 0.15) is 17.5 Å². The van der Waals surface area contributed by atoms with Gasteiger partial charge in [0.05, 0.1) is 19.9 Å². The first kappa shape index (κ1) is 15.4. The summed E-state index contributed by atoms with van der Waals surface area (Å²) in [6, 6.07) is 2.35. The minimum absolute atomic E-state index is 0.419. The van der Waals surface area contributed by atoms with Crippen LogP contribution >= 0.6 is 0 Å². The Morgan fingerprint density at radius 3 is 2.33 bits per heavy atom. The zero-order valence-corrected chi connectivity index (χ0v) is 12.5. The molecular weight excluding hydrogens is 272 g/mol. The minimum Gasteiger partial charge on any atom is -0.496 e. The second-order valence-electron chi connectivity index (χ2n) is 5.13. The molecule has 6 nitrogen and oxygen atoms in total. The third-order valence-corrected chi connectivity index (χ3v) is 3.83. The maximum Gasteiger partial charge on any atom is 0.325 e. The monoisotopic (exact) mass is 294 g/mol. The third-order valence-electron chi connectivity index (χ3n) is 3.83. The molecule has 1 fully saturated rings. The van der Waals surface area contributed by atoms with E-state index < -0.39 is 12.0 Å². The van der Waals surface area contributed by atoms with Crippen LogP contribution in [0.25, 0.3) is 0 Å². The van der Waals surface area contributed by atoms with E-state index in [4.69, 9.17) is 20.3 Å². The number of benzene rings is 1. The van der Waals surface area contributed by atoms with Crippen molar-refractivity contribution in [3.8, 4) is 11.5 Å². The molecule has 1 aliphatic heterocycles. The normalized spacial score (nSPS) is 16.4. The first-order chi connectivity index (χ1) is 10.1. The highest BCUT2D eigenvalue weighted by Gasteiger charge is 2.24. The number of ether oxygens (including phenoxy) is 2. The number of hydrogen-bond donors (Lipinski definition) is 2. The van der Waals surface area contributed by atoms with Crippen LogP contribution in [0.3, 0.4) is 0 Å². The fourth-order valence-electron chi connectivity index (χ4n) is 2.66. The van der Waals surface area contributed by atoms with Crippen molar-refractivity contribution in [3.63, 3.8) is 0 Å². The molecule has 1 heterocycles. The highest BCUT2D eigenvalue weighted by molar-refractivity contribution is 5.78. The molecule has 1 aromatic carbocycles. The smallest absolute Gasteiger partial charge is 0.325 e. The van der Waals surface area contributed by atoms with Crippen LogP contribution in [0, 0.1) is 0 Å². The molecule has 1 aliphatic rings. The number of aliphatic carboxylic acids is 1. The second-order valence-corrected chi connectivity index (χ2v) is 5.13. The van der Waals surface area contributed by atoms with Gasteiger partial charge in [-0.25, -0.2) is 0 Å². The average Bonchev–Trinajstić information content (AvgIpc) is 2.53. The Bertz CT molecular complexity index is 513. The third kappa shape index (κ3) is 3.21. The number of nitrogens with zero attached hydrogens (tertiary/aromatic N) is 1. The van der Waals surface area contributed by atoms with Crippen molar-refractivity contribution >= 4 is 11.7 Å². The molecule has 1 saturated heterocycles. The lowest BCUT2D eigenvalue weighted by Crippen LogP contribution is -2.30. The molecule has 116 valence electrons. The Balaban J connectivity index is 2.44. The van der Waals surface area contributed by atoms with Crippen LogP contribution in [0.4, 0.5) is 5.69 Å². The zero-order valence-electron chi connectivity index (χ0n) is 12.5. The Morgan fingerprint density at radius 1 is 1.19 bits per heavy atom.